The summed E-state index contributed by atoms with van der Waals surface area (Å²) in [6.07, 6.45) is -0.934. The van der Waals surface area contributed by atoms with Crippen molar-refractivity contribution in [2.75, 3.05) is 0 Å². The molecule has 2 saturated heterocycles. The molecule has 0 aromatic heterocycles. The average molecular weight is 545 g/mol. The third kappa shape index (κ3) is 4.88. The van der Waals surface area contributed by atoms with E-state index in [1.807, 2.05) is 42.5 Å². The molecule has 5 unspecified atom stereocenters. The number of aliphatic carboxylic acids is 1. The predicted octanol–water partition coefficient (Wildman–Crippen LogP) is 2.40. The van der Waals surface area contributed by atoms with E-state index in [2.05, 4.69) is 5.32 Å². The van der Waals surface area contributed by atoms with Crippen molar-refractivity contribution in [3.63, 3.8) is 0 Å². The Kier molecular flexibility index (Phi) is 7.25. The third-order valence-electron chi connectivity index (χ3n) is 7.51. The monoisotopic (exact) mass is 544 g/mol. The van der Waals surface area contributed by atoms with Gasteiger partial charge in [0.2, 0.25) is 11.8 Å². The first-order valence-corrected chi connectivity index (χ1v) is 12.9. The lowest BCUT2D eigenvalue weighted by atomic mass is 9.90. The van der Waals surface area contributed by atoms with Gasteiger partial charge in [-0.25, -0.2) is 4.79 Å². The zero-order chi connectivity index (χ0) is 28.6. The minimum absolute atomic E-state index is 0.0641. The van der Waals surface area contributed by atoms with Crippen molar-refractivity contribution in [1.29, 1.82) is 0 Å². The highest BCUT2D eigenvalue weighted by molar-refractivity contribution is 6.06. The van der Waals surface area contributed by atoms with E-state index in [-0.39, 0.29) is 6.61 Å². The van der Waals surface area contributed by atoms with Crippen molar-refractivity contribution in [1.82, 2.24) is 10.2 Å². The Labute approximate surface area is 229 Å². The number of carbonyl (C=O) groups excluding carboxylic acids is 4. The van der Waals surface area contributed by atoms with Gasteiger partial charge in [0.25, 0.3) is 0 Å². The number of ether oxygens (including phenoxy) is 2. The van der Waals surface area contributed by atoms with Crippen LogP contribution in [0.2, 0.25) is 0 Å². The molecular weight excluding hydrogens is 516 g/mol. The lowest BCUT2D eigenvalue weighted by molar-refractivity contribution is -0.167. The molecule has 0 radical (unpaired) electrons. The van der Waals surface area contributed by atoms with Gasteiger partial charge >= 0.3 is 17.9 Å². The van der Waals surface area contributed by atoms with Gasteiger partial charge in [-0.1, -0.05) is 73.7 Å². The molecule has 2 N–H and O–H groups in total. The number of fused-ring (bicyclic) bond motifs is 2. The molecule has 0 spiro atoms. The maximum absolute atomic E-state index is 13.5. The Morgan fingerprint density at radius 2 is 1.65 bits per heavy atom. The van der Waals surface area contributed by atoms with Crippen LogP contribution in [0.4, 0.5) is 0 Å². The second kappa shape index (κ2) is 10.8. The van der Waals surface area contributed by atoms with Crippen molar-refractivity contribution in [3.8, 4) is 0 Å². The molecule has 206 valence electrons. The van der Waals surface area contributed by atoms with Gasteiger partial charge in [-0.15, -0.1) is 0 Å². The molecule has 6 atom stereocenters. The molecule has 2 aliphatic rings. The second-order valence-electron chi connectivity index (χ2n) is 10.1. The fourth-order valence-electron chi connectivity index (χ4n) is 5.65. The van der Waals surface area contributed by atoms with Crippen LogP contribution in [-0.2, 0) is 40.1 Å². The molecule has 10 heteroatoms. The molecule has 10 nitrogen and oxygen atoms in total. The van der Waals surface area contributed by atoms with Gasteiger partial charge in [0.15, 0.2) is 5.92 Å². The van der Waals surface area contributed by atoms with Gasteiger partial charge in [0.05, 0.1) is 6.04 Å². The summed E-state index contributed by atoms with van der Waals surface area (Å²) in [7, 11) is 0. The molecule has 3 aromatic carbocycles. The molecule has 5 rings (SSSR count). The second-order valence-corrected chi connectivity index (χ2v) is 10.1. The Bertz CT molecular complexity index is 1490. The molecule has 0 bridgehead atoms. The van der Waals surface area contributed by atoms with Crippen LogP contribution in [0.1, 0.15) is 30.9 Å². The first-order chi connectivity index (χ1) is 19.2. The number of β-lactam (4-membered cyclic amide) rings is 1. The summed E-state index contributed by atoms with van der Waals surface area (Å²) in [5, 5.41) is 14.3. The van der Waals surface area contributed by atoms with Crippen LogP contribution >= 0.6 is 0 Å². The normalized spacial score (nSPS) is 24.0. The number of carbonyl (C=O) groups is 5. The van der Waals surface area contributed by atoms with Gasteiger partial charge in [-0.3, -0.25) is 19.2 Å². The van der Waals surface area contributed by atoms with E-state index in [0.29, 0.717) is 5.56 Å². The number of esters is 2. The van der Waals surface area contributed by atoms with E-state index in [0.717, 1.165) is 21.2 Å². The summed E-state index contributed by atoms with van der Waals surface area (Å²) in [5.74, 6) is -6.15. The summed E-state index contributed by atoms with van der Waals surface area (Å²) in [4.78, 5) is 64.6. The molecule has 2 amide bonds. The zero-order valence-electron chi connectivity index (χ0n) is 21.9. The van der Waals surface area contributed by atoms with Crippen LogP contribution in [0.5, 0.6) is 0 Å². The van der Waals surface area contributed by atoms with Crippen molar-refractivity contribution >= 4 is 40.5 Å². The van der Waals surface area contributed by atoms with Crippen LogP contribution in [0, 0.1) is 5.92 Å². The number of nitrogens with zero attached hydrogens (tertiary/aromatic N) is 1. The number of carboxylic acids is 1. The Hall–Kier alpha value is -4.73. The zero-order valence-corrected chi connectivity index (χ0v) is 21.9. The van der Waals surface area contributed by atoms with Crippen molar-refractivity contribution in [3.05, 3.63) is 83.9 Å². The highest BCUT2D eigenvalue weighted by Gasteiger charge is 2.65. The lowest BCUT2D eigenvalue weighted by Crippen LogP contribution is -2.73. The molecule has 0 aliphatic carbocycles. The molecule has 2 heterocycles. The third-order valence-corrected chi connectivity index (χ3v) is 7.51. The highest BCUT2D eigenvalue weighted by Crippen LogP contribution is 2.41. The molecule has 0 saturated carbocycles. The van der Waals surface area contributed by atoms with Gasteiger partial charge in [0, 0.05) is 12.8 Å². The topological polar surface area (TPSA) is 139 Å². The number of hydrogen-bond donors (Lipinski definition) is 2. The fourth-order valence-corrected chi connectivity index (χ4v) is 5.65. The quantitative estimate of drug-likeness (QED) is 0.250. The molecular formula is C30H28N2O8. The van der Waals surface area contributed by atoms with Crippen LogP contribution in [-0.4, -0.2) is 64.0 Å². The maximum atomic E-state index is 13.5. The molecule has 2 aliphatic heterocycles. The van der Waals surface area contributed by atoms with Crippen molar-refractivity contribution in [2.45, 2.75) is 50.6 Å². The van der Waals surface area contributed by atoms with Crippen LogP contribution in [0.3, 0.4) is 0 Å². The van der Waals surface area contributed by atoms with Gasteiger partial charge in [-0.2, -0.15) is 0 Å². The first kappa shape index (κ1) is 26.9. The molecule has 40 heavy (non-hydrogen) atoms. The maximum Gasteiger partial charge on any atom is 0.326 e. The number of hydrogen-bond acceptors (Lipinski definition) is 7. The van der Waals surface area contributed by atoms with E-state index in [9.17, 15) is 29.1 Å². The Morgan fingerprint density at radius 1 is 0.975 bits per heavy atom. The minimum Gasteiger partial charge on any atom is -0.480 e. The van der Waals surface area contributed by atoms with Crippen LogP contribution in [0.25, 0.3) is 10.8 Å². The number of nitrogens with one attached hydrogen (secondary N) is 1. The van der Waals surface area contributed by atoms with E-state index < -0.39 is 65.8 Å². The fraction of sp³-hybridized carbons (Fsp3) is 0.300. The SMILES string of the molecule is CC(=O)OC1C(C)C(C(=O)O)N2C(=O)C(NC(=O)C(C(=O)OCc3ccc4ccccc4c3)c3ccccc3)[C@@H]12. The van der Waals surface area contributed by atoms with Crippen molar-refractivity contribution < 1.29 is 38.6 Å². The van der Waals surface area contributed by atoms with E-state index in [1.165, 1.54) is 6.92 Å². The predicted molar refractivity (Wildman–Crippen MR) is 142 cm³/mol. The summed E-state index contributed by atoms with van der Waals surface area (Å²) in [6, 6.07) is 18.5. The first-order valence-electron chi connectivity index (χ1n) is 12.9. The molecule has 3 aromatic rings. The minimum atomic E-state index is -1.38. The average Bonchev–Trinajstić information content (AvgIpc) is 3.19. The standard InChI is InChI=1S/C30H28N2O8/c1-16-24(29(36)37)32-25(26(16)40-17(2)33)23(28(32)35)31-27(34)22(20-9-4-3-5-10-20)30(38)39-15-18-12-13-19-8-6-7-11-21(19)14-18/h3-14,16,22-26H,15H2,1-2H3,(H,31,34)(H,36,37)/t16?,22?,23?,24?,25-,26?/m0/s1. The highest BCUT2D eigenvalue weighted by atomic mass is 16.5. The van der Waals surface area contributed by atoms with E-state index >= 15 is 0 Å². The van der Waals surface area contributed by atoms with Gasteiger partial charge in [0.1, 0.15) is 24.8 Å². The Balaban J connectivity index is 1.35. The number of carboxylic acid groups (broad SMARTS) is 1. The smallest absolute Gasteiger partial charge is 0.326 e. The van der Waals surface area contributed by atoms with Gasteiger partial charge in [-0.05, 0) is 28.0 Å². The van der Waals surface area contributed by atoms with E-state index in [4.69, 9.17) is 9.47 Å². The number of benzene rings is 3. The number of amides is 2. The van der Waals surface area contributed by atoms with Crippen LogP contribution < -0.4 is 5.32 Å². The lowest BCUT2D eigenvalue weighted by Gasteiger charge is -2.45. The van der Waals surface area contributed by atoms with E-state index in [1.54, 1.807) is 37.3 Å². The largest absolute Gasteiger partial charge is 0.480 e. The van der Waals surface area contributed by atoms with Crippen LogP contribution in [0.15, 0.2) is 72.8 Å². The summed E-state index contributed by atoms with van der Waals surface area (Å²) in [6.45, 7) is 2.70. The number of rotatable bonds is 8. The Morgan fingerprint density at radius 3 is 2.33 bits per heavy atom. The molecule has 2 fully saturated rings. The van der Waals surface area contributed by atoms with Crippen molar-refractivity contribution in [2.24, 2.45) is 5.92 Å². The summed E-state index contributed by atoms with van der Waals surface area (Å²) in [5.41, 5.74) is 1.11. The van der Waals surface area contributed by atoms with Gasteiger partial charge < -0.3 is 24.8 Å². The summed E-state index contributed by atoms with van der Waals surface area (Å²) < 4.78 is 10.9. The summed E-state index contributed by atoms with van der Waals surface area (Å²) >= 11 is 0.